The normalized spacial score (nSPS) is 16.0. The Morgan fingerprint density at radius 2 is 2.00 bits per heavy atom. The fourth-order valence-corrected chi connectivity index (χ4v) is 2.59. The molecule has 2 rings (SSSR count). The lowest BCUT2D eigenvalue weighted by atomic mass is 9.93. The molecule has 1 aromatic rings. The molecule has 2 nitrogen and oxygen atoms in total. The first kappa shape index (κ1) is 12.4. The number of rotatable bonds is 6. The van der Waals surface area contributed by atoms with Crippen LogP contribution < -0.4 is 10.2 Å². The van der Waals surface area contributed by atoms with Crippen molar-refractivity contribution in [2.75, 3.05) is 24.5 Å². The van der Waals surface area contributed by atoms with E-state index in [1.807, 2.05) is 0 Å². The molecule has 0 atom stereocenters. The summed E-state index contributed by atoms with van der Waals surface area (Å²) >= 11 is 0. The Morgan fingerprint density at radius 3 is 2.71 bits per heavy atom. The van der Waals surface area contributed by atoms with Crippen LogP contribution in [-0.2, 0) is 6.54 Å². The van der Waals surface area contributed by atoms with Gasteiger partial charge < -0.3 is 10.2 Å². The molecule has 94 valence electrons. The number of para-hydroxylation sites is 1. The Hall–Kier alpha value is -1.02. The third-order valence-electron chi connectivity index (χ3n) is 3.55. The largest absolute Gasteiger partial charge is 0.371 e. The maximum Gasteiger partial charge on any atom is 0.0412 e. The van der Waals surface area contributed by atoms with E-state index in [4.69, 9.17) is 0 Å². The third kappa shape index (κ3) is 3.01. The Labute approximate surface area is 105 Å². The van der Waals surface area contributed by atoms with Crippen LogP contribution >= 0.6 is 0 Å². The van der Waals surface area contributed by atoms with Gasteiger partial charge in [-0.05, 0) is 30.5 Å². The van der Waals surface area contributed by atoms with Crippen molar-refractivity contribution in [3.63, 3.8) is 0 Å². The van der Waals surface area contributed by atoms with Gasteiger partial charge in [-0.3, -0.25) is 0 Å². The fourth-order valence-electron chi connectivity index (χ4n) is 2.59. The predicted molar refractivity (Wildman–Crippen MR) is 74.4 cm³/mol. The van der Waals surface area contributed by atoms with E-state index in [-0.39, 0.29) is 0 Å². The first-order valence-electron chi connectivity index (χ1n) is 6.88. The summed E-state index contributed by atoms with van der Waals surface area (Å²) in [5, 5.41) is 3.42. The van der Waals surface area contributed by atoms with Crippen LogP contribution in [-0.4, -0.2) is 19.6 Å². The average molecular weight is 232 g/mol. The van der Waals surface area contributed by atoms with Gasteiger partial charge in [0, 0.05) is 25.3 Å². The summed E-state index contributed by atoms with van der Waals surface area (Å²) < 4.78 is 0. The van der Waals surface area contributed by atoms with E-state index in [1.165, 1.54) is 37.2 Å². The Balaban J connectivity index is 1.96. The second-order valence-corrected chi connectivity index (χ2v) is 4.97. The zero-order chi connectivity index (χ0) is 12.1. The van der Waals surface area contributed by atoms with E-state index in [1.54, 1.807) is 0 Å². The van der Waals surface area contributed by atoms with Crippen LogP contribution in [0, 0.1) is 5.92 Å². The molecule has 1 aromatic carbocycles. The van der Waals surface area contributed by atoms with Crippen LogP contribution in [0.3, 0.4) is 0 Å². The smallest absolute Gasteiger partial charge is 0.0412 e. The molecule has 1 aliphatic rings. The predicted octanol–water partition coefficient (Wildman–Crippen LogP) is 3.03. The monoisotopic (exact) mass is 232 g/mol. The zero-order valence-corrected chi connectivity index (χ0v) is 11.1. The summed E-state index contributed by atoms with van der Waals surface area (Å²) in [6, 6.07) is 8.79. The minimum atomic E-state index is 0.923. The van der Waals surface area contributed by atoms with Crippen molar-refractivity contribution in [3.8, 4) is 0 Å². The van der Waals surface area contributed by atoms with Crippen molar-refractivity contribution in [1.82, 2.24) is 5.32 Å². The number of benzene rings is 1. The Bertz CT molecular complexity index is 343. The molecule has 1 aliphatic heterocycles. The molecule has 0 aromatic heterocycles. The molecule has 0 saturated carbocycles. The van der Waals surface area contributed by atoms with Gasteiger partial charge in [0.25, 0.3) is 0 Å². The molecule has 17 heavy (non-hydrogen) atoms. The van der Waals surface area contributed by atoms with Crippen LogP contribution in [0.1, 0.15) is 32.3 Å². The molecular formula is C15H24N2. The van der Waals surface area contributed by atoms with Crippen LogP contribution in [0.2, 0.25) is 0 Å². The number of anilines is 1. The zero-order valence-electron chi connectivity index (χ0n) is 11.1. The van der Waals surface area contributed by atoms with Crippen LogP contribution in [0.25, 0.3) is 0 Å². The SMILES string of the molecule is CCCC1CN(c2ccccc2CNCC)C1. The summed E-state index contributed by atoms with van der Waals surface area (Å²) in [6.07, 6.45) is 2.70. The maximum absolute atomic E-state index is 3.42. The second-order valence-electron chi connectivity index (χ2n) is 4.97. The maximum atomic E-state index is 3.42. The van der Waals surface area contributed by atoms with Gasteiger partial charge in [0.15, 0.2) is 0 Å². The standard InChI is InChI=1S/C15H24N2/c1-3-7-13-11-17(12-13)15-9-6-5-8-14(15)10-16-4-2/h5-6,8-9,13,16H,3-4,7,10-12H2,1-2H3. The molecule has 1 fully saturated rings. The van der Waals surface area contributed by atoms with Crippen LogP contribution in [0.15, 0.2) is 24.3 Å². The van der Waals surface area contributed by atoms with Gasteiger partial charge in [-0.25, -0.2) is 0 Å². The summed E-state index contributed by atoms with van der Waals surface area (Å²) in [7, 11) is 0. The first-order valence-corrected chi connectivity index (χ1v) is 6.88. The van der Waals surface area contributed by atoms with Crippen LogP contribution in [0.5, 0.6) is 0 Å². The first-order chi connectivity index (χ1) is 8.35. The van der Waals surface area contributed by atoms with Gasteiger partial charge in [0.1, 0.15) is 0 Å². The van der Waals surface area contributed by atoms with Gasteiger partial charge in [-0.1, -0.05) is 38.5 Å². The summed E-state index contributed by atoms with van der Waals surface area (Å²) in [5.74, 6) is 0.923. The van der Waals surface area contributed by atoms with E-state index in [0.717, 1.165) is 19.0 Å². The summed E-state index contributed by atoms with van der Waals surface area (Å²) in [6.45, 7) is 8.95. The third-order valence-corrected chi connectivity index (χ3v) is 3.55. The molecule has 0 unspecified atom stereocenters. The lowest BCUT2D eigenvalue weighted by Gasteiger charge is -2.42. The molecule has 0 radical (unpaired) electrons. The Morgan fingerprint density at radius 1 is 1.24 bits per heavy atom. The minimum absolute atomic E-state index is 0.923. The second kappa shape index (κ2) is 6.06. The molecule has 0 amide bonds. The molecular weight excluding hydrogens is 208 g/mol. The molecule has 1 heterocycles. The highest BCUT2D eigenvalue weighted by Gasteiger charge is 2.26. The molecule has 2 heteroatoms. The van der Waals surface area contributed by atoms with E-state index >= 15 is 0 Å². The number of hydrogen-bond donors (Lipinski definition) is 1. The van der Waals surface area contributed by atoms with Crippen molar-refractivity contribution in [1.29, 1.82) is 0 Å². The molecule has 1 saturated heterocycles. The van der Waals surface area contributed by atoms with E-state index in [9.17, 15) is 0 Å². The van der Waals surface area contributed by atoms with Gasteiger partial charge in [0.2, 0.25) is 0 Å². The summed E-state index contributed by atoms with van der Waals surface area (Å²) in [5.41, 5.74) is 2.87. The van der Waals surface area contributed by atoms with Gasteiger partial charge in [-0.15, -0.1) is 0 Å². The van der Waals surface area contributed by atoms with Crippen molar-refractivity contribution in [3.05, 3.63) is 29.8 Å². The van der Waals surface area contributed by atoms with E-state index < -0.39 is 0 Å². The van der Waals surface area contributed by atoms with E-state index in [2.05, 4.69) is 48.3 Å². The highest BCUT2D eigenvalue weighted by Crippen LogP contribution is 2.29. The number of nitrogens with zero attached hydrogens (tertiary/aromatic N) is 1. The molecule has 0 spiro atoms. The van der Waals surface area contributed by atoms with Gasteiger partial charge >= 0.3 is 0 Å². The number of hydrogen-bond acceptors (Lipinski definition) is 2. The average Bonchev–Trinajstić information content (AvgIpc) is 2.31. The highest BCUT2D eigenvalue weighted by atomic mass is 15.2. The summed E-state index contributed by atoms with van der Waals surface area (Å²) in [4.78, 5) is 2.52. The highest BCUT2D eigenvalue weighted by molar-refractivity contribution is 5.55. The molecule has 0 bridgehead atoms. The lowest BCUT2D eigenvalue weighted by molar-refractivity contribution is 0.380. The fraction of sp³-hybridized carbons (Fsp3) is 0.600. The van der Waals surface area contributed by atoms with Gasteiger partial charge in [-0.2, -0.15) is 0 Å². The van der Waals surface area contributed by atoms with Crippen molar-refractivity contribution >= 4 is 5.69 Å². The minimum Gasteiger partial charge on any atom is -0.371 e. The Kier molecular flexibility index (Phi) is 4.43. The van der Waals surface area contributed by atoms with Crippen molar-refractivity contribution in [2.45, 2.75) is 33.2 Å². The van der Waals surface area contributed by atoms with Crippen molar-refractivity contribution < 1.29 is 0 Å². The topological polar surface area (TPSA) is 15.3 Å². The number of nitrogens with one attached hydrogen (secondary N) is 1. The quantitative estimate of drug-likeness (QED) is 0.811. The molecule has 0 aliphatic carbocycles. The van der Waals surface area contributed by atoms with Crippen LogP contribution in [0.4, 0.5) is 5.69 Å². The lowest BCUT2D eigenvalue weighted by Crippen LogP contribution is -2.47. The van der Waals surface area contributed by atoms with Crippen molar-refractivity contribution in [2.24, 2.45) is 5.92 Å². The van der Waals surface area contributed by atoms with E-state index in [0.29, 0.717) is 0 Å². The molecule has 1 N–H and O–H groups in total. The van der Waals surface area contributed by atoms with Gasteiger partial charge in [0.05, 0.1) is 0 Å².